The van der Waals surface area contributed by atoms with Crippen molar-refractivity contribution in [2.24, 2.45) is 0 Å². The van der Waals surface area contributed by atoms with Crippen LogP contribution in [0.1, 0.15) is 23.2 Å². The van der Waals surface area contributed by atoms with Gasteiger partial charge >= 0.3 is 6.03 Å². The predicted molar refractivity (Wildman–Crippen MR) is 98.6 cm³/mol. The van der Waals surface area contributed by atoms with Crippen molar-refractivity contribution in [3.05, 3.63) is 57.5 Å². The van der Waals surface area contributed by atoms with E-state index >= 15 is 0 Å². The van der Waals surface area contributed by atoms with Crippen LogP contribution in [0.15, 0.2) is 35.1 Å². The normalized spacial score (nSPS) is 12.5. The van der Waals surface area contributed by atoms with Gasteiger partial charge in [-0.15, -0.1) is 0 Å². The fourth-order valence-corrected chi connectivity index (χ4v) is 3.05. The summed E-state index contributed by atoms with van der Waals surface area (Å²) in [5, 5.41) is 9.96. The quantitative estimate of drug-likeness (QED) is 0.783. The molecule has 2 amide bonds. The Bertz CT molecular complexity index is 815. The summed E-state index contributed by atoms with van der Waals surface area (Å²) in [6, 6.07) is 9.18. The van der Waals surface area contributed by atoms with Crippen molar-refractivity contribution in [3.63, 3.8) is 0 Å². The highest BCUT2D eigenvalue weighted by Gasteiger charge is 2.14. The second-order valence-electron chi connectivity index (χ2n) is 6.31. The van der Waals surface area contributed by atoms with Crippen molar-refractivity contribution >= 4 is 6.03 Å². The molecule has 0 saturated heterocycles. The minimum Gasteiger partial charge on any atom is -0.497 e. The van der Waals surface area contributed by atoms with E-state index in [0.717, 1.165) is 48.3 Å². The Morgan fingerprint density at radius 3 is 2.73 bits per heavy atom. The van der Waals surface area contributed by atoms with Crippen LogP contribution in [0, 0.1) is 0 Å². The molecule has 1 aromatic heterocycles. The number of benzene rings is 1. The van der Waals surface area contributed by atoms with Crippen LogP contribution < -0.4 is 20.9 Å². The van der Waals surface area contributed by atoms with E-state index in [2.05, 4.69) is 15.7 Å². The highest BCUT2D eigenvalue weighted by Crippen LogP contribution is 2.16. The maximum Gasteiger partial charge on any atom is 0.314 e. The van der Waals surface area contributed by atoms with Gasteiger partial charge in [0.25, 0.3) is 5.56 Å². The smallest absolute Gasteiger partial charge is 0.314 e. The minimum absolute atomic E-state index is 0.104. The summed E-state index contributed by atoms with van der Waals surface area (Å²) in [6.45, 7) is 1.27. The Labute approximate surface area is 152 Å². The molecule has 0 saturated carbocycles. The van der Waals surface area contributed by atoms with Gasteiger partial charge in [0.1, 0.15) is 5.75 Å². The highest BCUT2D eigenvalue weighted by atomic mass is 16.5. The summed E-state index contributed by atoms with van der Waals surface area (Å²) in [7, 11) is 1.63. The van der Waals surface area contributed by atoms with Crippen LogP contribution in [0.4, 0.5) is 4.79 Å². The number of carbonyl (C=O) groups excluding carboxylic acids is 1. The monoisotopic (exact) mass is 356 g/mol. The Morgan fingerprint density at radius 1 is 1.19 bits per heavy atom. The fraction of sp³-hybridized carbons (Fsp3) is 0.421. The first-order valence-corrected chi connectivity index (χ1v) is 8.90. The average Bonchev–Trinajstić information content (AvgIpc) is 3.09. The van der Waals surface area contributed by atoms with E-state index in [-0.39, 0.29) is 11.6 Å². The molecule has 0 unspecified atom stereocenters. The molecule has 0 atom stereocenters. The molecular formula is C19H24N4O3. The summed E-state index contributed by atoms with van der Waals surface area (Å²) >= 11 is 0. The summed E-state index contributed by atoms with van der Waals surface area (Å²) in [6.07, 6.45) is 3.66. The molecule has 0 bridgehead atoms. The largest absolute Gasteiger partial charge is 0.497 e. The van der Waals surface area contributed by atoms with E-state index in [4.69, 9.17) is 4.74 Å². The number of hydrogen-bond acceptors (Lipinski definition) is 4. The summed E-state index contributed by atoms with van der Waals surface area (Å²) in [5.74, 6) is 0.815. The third-order valence-corrected chi connectivity index (χ3v) is 4.49. The van der Waals surface area contributed by atoms with Gasteiger partial charge < -0.3 is 15.4 Å². The van der Waals surface area contributed by atoms with Gasteiger partial charge in [-0.25, -0.2) is 9.48 Å². The number of urea groups is 1. The zero-order valence-corrected chi connectivity index (χ0v) is 15.0. The number of hydrogen-bond donors (Lipinski definition) is 2. The Hall–Kier alpha value is -2.83. The van der Waals surface area contributed by atoms with Crippen molar-refractivity contribution in [2.45, 2.75) is 32.2 Å². The Kier molecular flexibility index (Phi) is 5.88. The first-order chi connectivity index (χ1) is 12.7. The third kappa shape index (κ3) is 4.62. The van der Waals surface area contributed by atoms with Crippen molar-refractivity contribution in [1.29, 1.82) is 0 Å². The standard InChI is InChI=1S/C19H24N4O3/c1-26-16-7-5-14(6-8-16)9-10-20-19(25)21-11-12-23-18(24)13-15-3-2-4-17(15)22-23/h5-8,13H,2-4,9-12H2,1H3,(H2,20,21,25). The first kappa shape index (κ1) is 18.0. The summed E-state index contributed by atoms with van der Waals surface area (Å²) in [4.78, 5) is 23.8. The lowest BCUT2D eigenvalue weighted by molar-refractivity contribution is 0.240. The molecule has 0 spiro atoms. The highest BCUT2D eigenvalue weighted by molar-refractivity contribution is 5.73. The van der Waals surface area contributed by atoms with Crippen LogP contribution in [0.3, 0.4) is 0 Å². The van der Waals surface area contributed by atoms with E-state index in [1.807, 2.05) is 24.3 Å². The third-order valence-electron chi connectivity index (χ3n) is 4.49. The van der Waals surface area contributed by atoms with E-state index in [9.17, 15) is 9.59 Å². The molecule has 2 N–H and O–H groups in total. The van der Waals surface area contributed by atoms with Gasteiger partial charge in [-0.2, -0.15) is 5.10 Å². The van der Waals surface area contributed by atoms with Crippen LogP contribution in [0.5, 0.6) is 5.75 Å². The zero-order valence-electron chi connectivity index (χ0n) is 15.0. The number of ether oxygens (including phenoxy) is 1. The molecule has 3 rings (SSSR count). The second kappa shape index (κ2) is 8.51. The van der Waals surface area contributed by atoms with Crippen LogP contribution in [0.25, 0.3) is 0 Å². The van der Waals surface area contributed by atoms with Crippen molar-refractivity contribution in [1.82, 2.24) is 20.4 Å². The van der Waals surface area contributed by atoms with Gasteiger partial charge in [0.15, 0.2) is 0 Å². The topological polar surface area (TPSA) is 85.2 Å². The number of nitrogens with one attached hydrogen (secondary N) is 2. The molecule has 26 heavy (non-hydrogen) atoms. The SMILES string of the molecule is COc1ccc(CCNC(=O)NCCn2nc3c(cc2=O)CCC3)cc1. The lowest BCUT2D eigenvalue weighted by Gasteiger charge is -2.10. The molecular weight excluding hydrogens is 332 g/mol. The number of methoxy groups -OCH3 is 1. The molecule has 7 heteroatoms. The van der Waals surface area contributed by atoms with E-state index in [0.29, 0.717) is 19.6 Å². The average molecular weight is 356 g/mol. The predicted octanol–water partition coefficient (Wildman–Crippen LogP) is 1.28. The number of amides is 2. The van der Waals surface area contributed by atoms with Gasteiger partial charge in [0, 0.05) is 19.2 Å². The van der Waals surface area contributed by atoms with Crippen LogP contribution in [0.2, 0.25) is 0 Å². The van der Waals surface area contributed by atoms with Gasteiger partial charge in [-0.05, 0) is 48.9 Å². The van der Waals surface area contributed by atoms with E-state index < -0.39 is 0 Å². The maximum atomic E-state index is 12.0. The molecule has 1 aromatic carbocycles. The molecule has 1 aliphatic carbocycles. The van der Waals surface area contributed by atoms with Crippen molar-refractivity contribution in [2.75, 3.05) is 20.2 Å². The Balaban J connectivity index is 1.38. The number of nitrogens with zero attached hydrogens (tertiary/aromatic N) is 2. The van der Waals surface area contributed by atoms with Crippen LogP contribution in [-0.4, -0.2) is 36.0 Å². The number of aromatic nitrogens is 2. The molecule has 0 fully saturated rings. The maximum absolute atomic E-state index is 12.0. The van der Waals surface area contributed by atoms with E-state index in [1.54, 1.807) is 13.2 Å². The Morgan fingerprint density at radius 2 is 1.96 bits per heavy atom. The van der Waals surface area contributed by atoms with Crippen molar-refractivity contribution < 1.29 is 9.53 Å². The zero-order chi connectivity index (χ0) is 18.4. The molecule has 0 aliphatic heterocycles. The van der Waals surface area contributed by atoms with Gasteiger partial charge in [-0.1, -0.05) is 12.1 Å². The fourth-order valence-electron chi connectivity index (χ4n) is 3.05. The van der Waals surface area contributed by atoms with Crippen molar-refractivity contribution in [3.8, 4) is 5.75 Å². The second-order valence-corrected chi connectivity index (χ2v) is 6.31. The number of rotatable bonds is 7. The minimum atomic E-state index is -0.243. The number of fused-ring (bicyclic) bond motifs is 1. The van der Waals surface area contributed by atoms with Gasteiger partial charge in [0.2, 0.25) is 0 Å². The molecule has 0 radical (unpaired) electrons. The van der Waals surface area contributed by atoms with Crippen LogP contribution >= 0.6 is 0 Å². The summed E-state index contributed by atoms with van der Waals surface area (Å²) in [5.41, 5.74) is 3.09. The molecule has 138 valence electrons. The molecule has 2 aromatic rings. The van der Waals surface area contributed by atoms with E-state index in [1.165, 1.54) is 4.68 Å². The van der Waals surface area contributed by atoms with Gasteiger partial charge in [0.05, 0.1) is 19.3 Å². The lowest BCUT2D eigenvalue weighted by Crippen LogP contribution is -2.39. The lowest BCUT2D eigenvalue weighted by atomic mass is 10.1. The molecule has 1 aliphatic rings. The van der Waals surface area contributed by atoms with Crippen LogP contribution in [-0.2, 0) is 25.8 Å². The molecule has 1 heterocycles. The number of carbonyl (C=O) groups is 1. The van der Waals surface area contributed by atoms with Gasteiger partial charge in [-0.3, -0.25) is 4.79 Å². The number of aryl methyl sites for hydroxylation is 2. The molecule has 7 nitrogen and oxygen atoms in total. The summed E-state index contributed by atoms with van der Waals surface area (Å²) < 4.78 is 6.55. The first-order valence-electron chi connectivity index (χ1n) is 8.90.